The van der Waals surface area contributed by atoms with Gasteiger partial charge in [0.25, 0.3) is 0 Å². The summed E-state index contributed by atoms with van der Waals surface area (Å²) in [6.45, 7) is 5.22. The van der Waals surface area contributed by atoms with E-state index in [4.69, 9.17) is 4.74 Å². The molecule has 0 spiro atoms. The molecule has 0 radical (unpaired) electrons. The lowest BCUT2D eigenvalue weighted by Gasteiger charge is -2.19. The first-order valence-electron chi connectivity index (χ1n) is 6.26. The van der Waals surface area contributed by atoms with E-state index >= 15 is 0 Å². The van der Waals surface area contributed by atoms with Crippen LogP contribution in [0.4, 0.5) is 8.78 Å². The van der Waals surface area contributed by atoms with Crippen molar-refractivity contribution in [1.29, 1.82) is 0 Å². The number of rotatable bonds is 4. The van der Waals surface area contributed by atoms with E-state index in [-0.39, 0.29) is 5.75 Å². The molecule has 1 aromatic carbocycles. The second kappa shape index (κ2) is 6.66. The summed E-state index contributed by atoms with van der Waals surface area (Å²) in [5.74, 6) is -1.12. The molecule has 1 N–H and O–H groups in total. The van der Waals surface area contributed by atoms with Crippen molar-refractivity contribution >= 4 is 0 Å². The van der Waals surface area contributed by atoms with E-state index < -0.39 is 11.6 Å². The molecule has 0 unspecified atom stereocenters. The molecule has 0 amide bonds. The summed E-state index contributed by atoms with van der Waals surface area (Å²) in [7, 11) is 0. The van der Waals surface area contributed by atoms with Gasteiger partial charge >= 0.3 is 0 Å². The number of nitrogens with one attached hydrogen (secondary N) is 1. The van der Waals surface area contributed by atoms with E-state index in [1.807, 2.05) is 0 Å². The highest BCUT2D eigenvalue weighted by atomic mass is 19.1. The van der Waals surface area contributed by atoms with E-state index in [1.165, 1.54) is 12.1 Å². The van der Waals surface area contributed by atoms with Crippen LogP contribution in [0.5, 0.6) is 5.75 Å². The summed E-state index contributed by atoms with van der Waals surface area (Å²) in [4.78, 5) is 2.28. The second-order valence-corrected chi connectivity index (χ2v) is 4.37. The maximum atomic E-state index is 13.3. The molecule has 0 atom stereocenters. The lowest BCUT2D eigenvalue weighted by molar-refractivity contribution is 0.212. The van der Waals surface area contributed by atoms with Crippen LogP contribution in [0.25, 0.3) is 0 Å². The molecule has 5 heteroatoms. The minimum Gasteiger partial charge on any atom is -0.489 e. The van der Waals surface area contributed by atoms with Crippen LogP contribution in [0.15, 0.2) is 18.2 Å². The number of hydrogen-bond donors (Lipinski definition) is 1. The first kappa shape index (κ1) is 13.2. The van der Waals surface area contributed by atoms with Crippen molar-refractivity contribution in [2.24, 2.45) is 0 Å². The molecule has 100 valence electrons. The SMILES string of the molecule is Fc1ccc(OCCN2CCCNCC2)c(F)c1. The van der Waals surface area contributed by atoms with Crippen LogP contribution in [-0.2, 0) is 0 Å². The maximum Gasteiger partial charge on any atom is 0.167 e. The molecule has 0 aliphatic carbocycles. The molecule has 1 aliphatic heterocycles. The number of ether oxygens (including phenoxy) is 1. The third-order valence-corrected chi connectivity index (χ3v) is 2.99. The Hall–Kier alpha value is -1.20. The molecule has 1 saturated heterocycles. The number of nitrogens with zero attached hydrogens (tertiary/aromatic N) is 1. The molecule has 3 nitrogen and oxygen atoms in total. The monoisotopic (exact) mass is 256 g/mol. The Bertz CT molecular complexity index is 379. The smallest absolute Gasteiger partial charge is 0.167 e. The van der Waals surface area contributed by atoms with Crippen LogP contribution >= 0.6 is 0 Å². The van der Waals surface area contributed by atoms with Gasteiger partial charge in [-0.15, -0.1) is 0 Å². The van der Waals surface area contributed by atoms with Crippen LogP contribution in [-0.4, -0.2) is 44.2 Å². The molecular weight excluding hydrogens is 238 g/mol. The van der Waals surface area contributed by atoms with Crippen LogP contribution in [0.3, 0.4) is 0 Å². The van der Waals surface area contributed by atoms with Crippen molar-refractivity contribution in [2.75, 3.05) is 39.3 Å². The van der Waals surface area contributed by atoms with E-state index in [0.717, 1.165) is 45.2 Å². The van der Waals surface area contributed by atoms with E-state index in [1.54, 1.807) is 0 Å². The van der Waals surface area contributed by atoms with Gasteiger partial charge in [0, 0.05) is 25.7 Å². The fourth-order valence-electron chi connectivity index (χ4n) is 2.00. The quantitative estimate of drug-likeness (QED) is 0.886. The van der Waals surface area contributed by atoms with Gasteiger partial charge in [0.05, 0.1) is 0 Å². The Labute approximate surface area is 106 Å². The molecule has 1 fully saturated rings. The zero-order valence-corrected chi connectivity index (χ0v) is 10.3. The zero-order chi connectivity index (χ0) is 12.8. The first-order chi connectivity index (χ1) is 8.75. The van der Waals surface area contributed by atoms with E-state index in [9.17, 15) is 8.78 Å². The number of benzene rings is 1. The fraction of sp³-hybridized carbons (Fsp3) is 0.538. The molecular formula is C13H18F2N2O. The van der Waals surface area contributed by atoms with Crippen molar-refractivity contribution in [3.05, 3.63) is 29.8 Å². The standard InChI is InChI=1S/C13H18F2N2O/c14-11-2-3-13(12(15)10-11)18-9-8-17-6-1-4-16-5-7-17/h2-3,10,16H,1,4-9H2. The minimum absolute atomic E-state index is 0.115. The molecule has 2 rings (SSSR count). The van der Waals surface area contributed by atoms with Gasteiger partial charge in [-0.2, -0.15) is 0 Å². The predicted molar refractivity (Wildman–Crippen MR) is 65.8 cm³/mol. The zero-order valence-electron chi connectivity index (χ0n) is 10.3. The Morgan fingerprint density at radius 2 is 2.11 bits per heavy atom. The summed E-state index contributed by atoms with van der Waals surface area (Å²) in [6, 6.07) is 3.37. The largest absolute Gasteiger partial charge is 0.489 e. The van der Waals surface area contributed by atoms with Crippen molar-refractivity contribution < 1.29 is 13.5 Å². The minimum atomic E-state index is -0.646. The van der Waals surface area contributed by atoms with Gasteiger partial charge in [-0.05, 0) is 31.6 Å². The van der Waals surface area contributed by atoms with Crippen molar-refractivity contribution in [3.63, 3.8) is 0 Å². The molecule has 18 heavy (non-hydrogen) atoms. The topological polar surface area (TPSA) is 24.5 Å². The molecule has 0 saturated carbocycles. The average Bonchev–Trinajstić information content (AvgIpc) is 2.60. The van der Waals surface area contributed by atoms with Crippen molar-refractivity contribution in [2.45, 2.75) is 6.42 Å². The first-order valence-corrected chi connectivity index (χ1v) is 6.26. The second-order valence-electron chi connectivity index (χ2n) is 4.37. The van der Waals surface area contributed by atoms with Gasteiger partial charge in [-0.1, -0.05) is 0 Å². The van der Waals surface area contributed by atoms with Crippen LogP contribution < -0.4 is 10.1 Å². The highest BCUT2D eigenvalue weighted by Crippen LogP contribution is 2.17. The van der Waals surface area contributed by atoms with Crippen molar-refractivity contribution in [3.8, 4) is 5.75 Å². The van der Waals surface area contributed by atoms with Crippen LogP contribution in [0.1, 0.15) is 6.42 Å². The number of halogens is 2. The maximum absolute atomic E-state index is 13.3. The van der Waals surface area contributed by atoms with Gasteiger partial charge in [0.2, 0.25) is 0 Å². The third kappa shape index (κ3) is 3.92. The van der Waals surface area contributed by atoms with Gasteiger partial charge in [0.1, 0.15) is 12.4 Å². The molecule has 0 aromatic heterocycles. The van der Waals surface area contributed by atoms with Gasteiger partial charge in [-0.25, -0.2) is 8.78 Å². The summed E-state index contributed by atoms with van der Waals surface area (Å²) in [6.07, 6.45) is 1.12. The van der Waals surface area contributed by atoms with Gasteiger partial charge in [-0.3, -0.25) is 4.90 Å². The lowest BCUT2D eigenvalue weighted by atomic mass is 10.3. The summed E-state index contributed by atoms with van der Waals surface area (Å²) in [5.41, 5.74) is 0. The Morgan fingerprint density at radius 3 is 2.94 bits per heavy atom. The van der Waals surface area contributed by atoms with Crippen molar-refractivity contribution in [1.82, 2.24) is 10.2 Å². The van der Waals surface area contributed by atoms with Crippen LogP contribution in [0, 0.1) is 11.6 Å². The normalized spacial score (nSPS) is 17.4. The lowest BCUT2D eigenvalue weighted by Crippen LogP contribution is -2.31. The van der Waals surface area contributed by atoms with E-state index in [2.05, 4.69) is 10.2 Å². The summed E-state index contributed by atoms with van der Waals surface area (Å²) in [5, 5.41) is 3.32. The predicted octanol–water partition coefficient (Wildman–Crippen LogP) is 1.64. The molecule has 0 bridgehead atoms. The Morgan fingerprint density at radius 1 is 1.22 bits per heavy atom. The summed E-state index contributed by atoms with van der Waals surface area (Å²) >= 11 is 0. The summed E-state index contributed by atoms with van der Waals surface area (Å²) < 4.78 is 31.3. The fourth-order valence-corrected chi connectivity index (χ4v) is 2.00. The van der Waals surface area contributed by atoms with Gasteiger partial charge in [0.15, 0.2) is 11.6 Å². The van der Waals surface area contributed by atoms with Gasteiger partial charge < -0.3 is 10.1 Å². The van der Waals surface area contributed by atoms with Crippen LogP contribution in [0.2, 0.25) is 0 Å². The third-order valence-electron chi connectivity index (χ3n) is 2.99. The molecule has 1 aliphatic rings. The molecule has 1 aromatic rings. The Kier molecular flexibility index (Phi) is 4.90. The average molecular weight is 256 g/mol. The molecule has 1 heterocycles. The number of hydrogen-bond acceptors (Lipinski definition) is 3. The van der Waals surface area contributed by atoms with E-state index in [0.29, 0.717) is 6.61 Å². The highest BCUT2D eigenvalue weighted by Gasteiger charge is 2.09. The highest BCUT2D eigenvalue weighted by molar-refractivity contribution is 5.24. The Balaban J connectivity index is 1.77.